The van der Waals surface area contributed by atoms with Crippen LogP contribution < -0.4 is 10.1 Å². The maximum absolute atomic E-state index is 13.3. The summed E-state index contributed by atoms with van der Waals surface area (Å²) < 4.78 is 11.3. The predicted octanol–water partition coefficient (Wildman–Crippen LogP) is 4.33. The molecule has 1 aliphatic rings. The lowest BCUT2D eigenvalue weighted by molar-refractivity contribution is -0.116. The average Bonchev–Trinajstić information content (AvgIpc) is 3.56. The zero-order valence-corrected chi connectivity index (χ0v) is 17.6. The second-order valence-electron chi connectivity index (χ2n) is 7.44. The van der Waals surface area contributed by atoms with Gasteiger partial charge in [0.25, 0.3) is 5.91 Å². The number of likely N-dealkylation sites (N-methyl/N-ethyl adjacent to an activating group) is 1. The smallest absolute Gasteiger partial charge is 0.276 e. The van der Waals surface area contributed by atoms with E-state index in [0.29, 0.717) is 35.3 Å². The van der Waals surface area contributed by atoms with Crippen LogP contribution in [-0.4, -0.2) is 41.9 Å². The van der Waals surface area contributed by atoms with Crippen molar-refractivity contribution in [1.29, 1.82) is 0 Å². The van der Waals surface area contributed by atoms with Gasteiger partial charge in [-0.2, -0.15) is 0 Å². The van der Waals surface area contributed by atoms with Crippen LogP contribution in [0.4, 0.5) is 5.69 Å². The van der Waals surface area contributed by atoms with Gasteiger partial charge in [-0.1, -0.05) is 30.3 Å². The third-order valence-corrected chi connectivity index (χ3v) is 5.21. The van der Waals surface area contributed by atoms with E-state index in [-0.39, 0.29) is 24.3 Å². The molecule has 0 bridgehead atoms. The molecule has 0 spiro atoms. The largest absolute Gasteiger partial charge is 0.495 e. The van der Waals surface area contributed by atoms with Crippen LogP contribution in [-0.2, 0) is 4.79 Å². The van der Waals surface area contributed by atoms with E-state index in [0.717, 1.165) is 18.4 Å². The average molecular weight is 419 g/mol. The van der Waals surface area contributed by atoms with Crippen molar-refractivity contribution in [2.75, 3.05) is 25.5 Å². The number of hydrogen-bond acceptors (Lipinski definition) is 5. The highest BCUT2D eigenvalue weighted by atomic mass is 16.5. The Morgan fingerprint density at radius 2 is 1.84 bits per heavy atom. The van der Waals surface area contributed by atoms with Crippen molar-refractivity contribution < 1.29 is 18.7 Å². The summed E-state index contributed by atoms with van der Waals surface area (Å²) in [6, 6.07) is 16.7. The number of hydrogen-bond donors (Lipinski definition) is 1. The summed E-state index contributed by atoms with van der Waals surface area (Å²) in [4.78, 5) is 31.9. The molecule has 1 aromatic heterocycles. The first-order valence-electron chi connectivity index (χ1n) is 10.4. The van der Waals surface area contributed by atoms with E-state index in [2.05, 4.69) is 10.3 Å². The van der Waals surface area contributed by atoms with Crippen molar-refractivity contribution in [3.8, 4) is 17.2 Å². The number of carbonyl (C=O) groups is 2. The molecule has 2 aromatic carbocycles. The van der Waals surface area contributed by atoms with E-state index in [1.807, 2.05) is 49.4 Å². The Labute approximate surface area is 181 Å². The van der Waals surface area contributed by atoms with Gasteiger partial charge in [-0.15, -0.1) is 0 Å². The molecule has 0 radical (unpaired) electrons. The summed E-state index contributed by atoms with van der Waals surface area (Å²) >= 11 is 0. The highest BCUT2D eigenvalue weighted by Crippen LogP contribution is 2.43. The number of aromatic nitrogens is 1. The monoisotopic (exact) mass is 419 g/mol. The van der Waals surface area contributed by atoms with Crippen LogP contribution in [0.25, 0.3) is 11.5 Å². The molecule has 7 heteroatoms. The number of nitrogens with one attached hydrogen (secondary N) is 1. The van der Waals surface area contributed by atoms with Gasteiger partial charge in [0, 0.05) is 18.0 Å². The Balaban J connectivity index is 1.53. The summed E-state index contributed by atoms with van der Waals surface area (Å²) in [6.07, 6.45) is 1.95. The highest BCUT2D eigenvalue weighted by molar-refractivity contribution is 5.99. The van der Waals surface area contributed by atoms with Crippen LogP contribution in [0.1, 0.15) is 41.9 Å². The van der Waals surface area contributed by atoms with Crippen LogP contribution in [0.15, 0.2) is 59.0 Å². The molecule has 4 rings (SSSR count). The number of methoxy groups -OCH3 is 1. The fourth-order valence-electron chi connectivity index (χ4n) is 3.40. The third kappa shape index (κ3) is 4.60. The molecule has 1 saturated carbocycles. The first kappa shape index (κ1) is 20.7. The van der Waals surface area contributed by atoms with Gasteiger partial charge in [0.15, 0.2) is 5.69 Å². The van der Waals surface area contributed by atoms with Crippen LogP contribution in [0.5, 0.6) is 5.75 Å². The number of benzene rings is 2. The summed E-state index contributed by atoms with van der Waals surface area (Å²) in [6.45, 7) is 2.12. The standard InChI is InChI=1S/C24H25N3O4/c1-3-27(15-20(28)25-18-11-7-8-12-19(18)30-2)24(29)21-22(16-13-14-16)31-23(26-21)17-9-5-4-6-10-17/h4-12,16H,3,13-15H2,1-2H3,(H,25,28). The summed E-state index contributed by atoms with van der Waals surface area (Å²) in [5.74, 6) is 1.22. The van der Waals surface area contributed by atoms with Gasteiger partial charge in [-0.05, 0) is 44.0 Å². The summed E-state index contributed by atoms with van der Waals surface area (Å²) in [5, 5.41) is 2.81. The summed E-state index contributed by atoms with van der Waals surface area (Å²) in [5.41, 5.74) is 1.68. The zero-order chi connectivity index (χ0) is 21.8. The van der Waals surface area contributed by atoms with E-state index in [1.54, 1.807) is 19.2 Å². The van der Waals surface area contributed by atoms with Gasteiger partial charge in [-0.25, -0.2) is 4.98 Å². The van der Waals surface area contributed by atoms with Crippen LogP contribution in [0.3, 0.4) is 0 Å². The normalized spacial score (nSPS) is 13.0. The van der Waals surface area contributed by atoms with E-state index < -0.39 is 0 Å². The van der Waals surface area contributed by atoms with Gasteiger partial charge >= 0.3 is 0 Å². The number of amides is 2. The molecule has 160 valence electrons. The lowest BCUT2D eigenvalue weighted by Crippen LogP contribution is -2.38. The number of oxazole rings is 1. The molecule has 0 unspecified atom stereocenters. The molecular formula is C24H25N3O4. The minimum atomic E-state index is -0.306. The maximum atomic E-state index is 13.3. The van der Waals surface area contributed by atoms with E-state index in [9.17, 15) is 9.59 Å². The molecule has 2 amide bonds. The lowest BCUT2D eigenvalue weighted by Gasteiger charge is -2.20. The van der Waals surface area contributed by atoms with E-state index >= 15 is 0 Å². The Morgan fingerprint density at radius 1 is 1.13 bits per heavy atom. The van der Waals surface area contributed by atoms with Crippen LogP contribution >= 0.6 is 0 Å². The molecular weight excluding hydrogens is 394 g/mol. The number of carbonyl (C=O) groups excluding carboxylic acids is 2. The van der Waals surface area contributed by atoms with Crippen molar-refractivity contribution in [2.45, 2.75) is 25.7 Å². The topological polar surface area (TPSA) is 84.7 Å². The second kappa shape index (κ2) is 9.04. The lowest BCUT2D eigenvalue weighted by atomic mass is 10.2. The van der Waals surface area contributed by atoms with E-state index in [4.69, 9.17) is 9.15 Å². The van der Waals surface area contributed by atoms with Crippen LogP contribution in [0.2, 0.25) is 0 Å². The third-order valence-electron chi connectivity index (χ3n) is 5.21. The minimum absolute atomic E-state index is 0.0922. The number of para-hydroxylation sites is 2. The minimum Gasteiger partial charge on any atom is -0.495 e. The van der Waals surface area contributed by atoms with Crippen molar-refractivity contribution >= 4 is 17.5 Å². The number of nitrogens with zero attached hydrogens (tertiary/aromatic N) is 2. The molecule has 0 atom stereocenters. The molecule has 7 nitrogen and oxygen atoms in total. The molecule has 0 saturated heterocycles. The molecule has 0 aliphatic heterocycles. The second-order valence-corrected chi connectivity index (χ2v) is 7.44. The van der Waals surface area contributed by atoms with Gasteiger partial charge in [-0.3, -0.25) is 9.59 Å². The Bertz CT molecular complexity index is 1070. The highest BCUT2D eigenvalue weighted by Gasteiger charge is 2.35. The number of ether oxygens (including phenoxy) is 1. The van der Waals surface area contributed by atoms with Crippen molar-refractivity contribution in [2.24, 2.45) is 0 Å². The molecule has 1 heterocycles. The Morgan fingerprint density at radius 3 is 2.52 bits per heavy atom. The summed E-state index contributed by atoms with van der Waals surface area (Å²) in [7, 11) is 1.54. The first-order valence-corrected chi connectivity index (χ1v) is 10.4. The Hall–Kier alpha value is -3.61. The van der Waals surface area contributed by atoms with Gasteiger partial charge < -0.3 is 19.4 Å². The Kier molecular flexibility index (Phi) is 6.02. The quantitative estimate of drug-likeness (QED) is 0.587. The van der Waals surface area contributed by atoms with E-state index in [1.165, 1.54) is 4.90 Å². The molecule has 3 aromatic rings. The van der Waals surface area contributed by atoms with Crippen molar-refractivity contribution in [1.82, 2.24) is 9.88 Å². The zero-order valence-electron chi connectivity index (χ0n) is 17.6. The van der Waals surface area contributed by atoms with Gasteiger partial charge in [0.1, 0.15) is 18.1 Å². The van der Waals surface area contributed by atoms with Crippen molar-refractivity contribution in [3.63, 3.8) is 0 Å². The fourth-order valence-corrected chi connectivity index (χ4v) is 3.40. The molecule has 1 N–H and O–H groups in total. The fraction of sp³-hybridized carbons (Fsp3) is 0.292. The molecule has 1 fully saturated rings. The molecule has 31 heavy (non-hydrogen) atoms. The predicted molar refractivity (Wildman–Crippen MR) is 117 cm³/mol. The number of rotatable bonds is 8. The van der Waals surface area contributed by atoms with Gasteiger partial charge in [0.2, 0.25) is 11.8 Å². The van der Waals surface area contributed by atoms with Gasteiger partial charge in [0.05, 0.1) is 12.8 Å². The van der Waals surface area contributed by atoms with Crippen molar-refractivity contribution in [3.05, 3.63) is 66.1 Å². The van der Waals surface area contributed by atoms with Crippen LogP contribution in [0, 0.1) is 0 Å². The number of anilines is 1. The maximum Gasteiger partial charge on any atom is 0.276 e. The SMILES string of the molecule is CCN(CC(=O)Nc1ccccc1OC)C(=O)c1nc(-c2ccccc2)oc1C1CC1. The molecule has 1 aliphatic carbocycles. The first-order chi connectivity index (χ1) is 15.1.